The van der Waals surface area contributed by atoms with E-state index in [-0.39, 0.29) is 11.9 Å². The van der Waals surface area contributed by atoms with Gasteiger partial charge in [-0.2, -0.15) is 0 Å². The Morgan fingerprint density at radius 2 is 1.89 bits per heavy atom. The zero-order valence-electron chi connectivity index (χ0n) is 15.9. The van der Waals surface area contributed by atoms with Gasteiger partial charge in [0.15, 0.2) is 17.3 Å². The molecule has 140 valence electrons. The van der Waals surface area contributed by atoms with E-state index in [9.17, 15) is 4.79 Å². The number of carbonyl (C=O) groups excluding carboxylic acids is 1. The predicted molar refractivity (Wildman–Crippen MR) is 106 cm³/mol. The smallest absolute Gasteiger partial charge is 0.164 e. The summed E-state index contributed by atoms with van der Waals surface area (Å²) in [6, 6.07) is 14.4. The first-order chi connectivity index (χ1) is 13.2. The average Bonchev–Trinajstić information content (AvgIpc) is 3.10. The van der Waals surface area contributed by atoms with Gasteiger partial charge in [-0.15, -0.1) is 0 Å². The molecule has 2 aromatic rings. The van der Waals surface area contributed by atoms with E-state index in [2.05, 4.69) is 29.2 Å². The molecule has 2 aliphatic rings. The van der Waals surface area contributed by atoms with Gasteiger partial charge < -0.3 is 14.4 Å². The van der Waals surface area contributed by atoms with Gasteiger partial charge in [0.25, 0.3) is 0 Å². The van der Waals surface area contributed by atoms with E-state index in [0.29, 0.717) is 6.42 Å². The zero-order chi connectivity index (χ0) is 18.8. The van der Waals surface area contributed by atoms with Crippen molar-refractivity contribution in [3.05, 3.63) is 65.4 Å². The fourth-order valence-corrected chi connectivity index (χ4v) is 3.96. The van der Waals surface area contributed by atoms with Crippen LogP contribution in [0.5, 0.6) is 11.5 Å². The second kappa shape index (κ2) is 7.47. The minimum Gasteiger partial charge on any atom is -0.493 e. The Balaban J connectivity index is 1.61. The fraction of sp³-hybridized carbons (Fsp3) is 0.348. The molecule has 4 heteroatoms. The lowest BCUT2D eigenvalue weighted by atomic mass is 10.0. The summed E-state index contributed by atoms with van der Waals surface area (Å²) in [5.41, 5.74) is 4.67. The summed E-state index contributed by atoms with van der Waals surface area (Å²) < 4.78 is 11.9. The van der Waals surface area contributed by atoms with Gasteiger partial charge in [0.05, 0.1) is 7.11 Å². The molecule has 0 heterocycles. The molecule has 1 unspecified atom stereocenters. The van der Waals surface area contributed by atoms with Crippen LogP contribution in [0.25, 0.3) is 0 Å². The maximum absolute atomic E-state index is 11.8. The average molecular weight is 363 g/mol. The summed E-state index contributed by atoms with van der Waals surface area (Å²) in [5, 5.41) is 0. The monoisotopic (exact) mass is 363 g/mol. The van der Waals surface area contributed by atoms with Crippen molar-refractivity contribution in [1.82, 2.24) is 0 Å². The maximum atomic E-state index is 11.8. The van der Waals surface area contributed by atoms with Crippen molar-refractivity contribution in [2.24, 2.45) is 0 Å². The number of ether oxygens (including phenoxy) is 2. The highest BCUT2D eigenvalue weighted by Gasteiger charge is 2.25. The van der Waals surface area contributed by atoms with Crippen molar-refractivity contribution in [1.29, 1.82) is 0 Å². The van der Waals surface area contributed by atoms with Crippen molar-refractivity contribution >= 4 is 11.5 Å². The molecular weight excluding hydrogens is 338 g/mol. The highest BCUT2D eigenvalue weighted by molar-refractivity contribution is 5.91. The van der Waals surface area contributed by atoms with Crippen LogP contribution in [0.4, 0.5) is 5.69 Å². The summed E-state index contributed by atoms with van der Waals surface area (Å²) in [6.07, 6.45) is 6.30. The number of fused-ring (bicyclic) bond motifs is 1. The number of anilines is 1. The fourth-order valence-electron chi connectivity index (χ4n) is 3.96. The third kappa shape index (κ3) is 3.57. The second-order valence-electron chi connectivity index (χ2n) is 7.19. The molecule has 0 aliphatic heterocycles. The van der Waals surface area contributed by atoms with Crippen molar-refractivity contribution in [3.63, 3.8) is 0 Å². The van der Waals surface area contributed by atoms with Crippen LogP contribution in [-0.4, -0.2) is 19.9 Å². The molecule has 2 aliphatic carbocycles. The Labute approximate surface area is 160 Å². The van der Waals surface area contributed by atoms with Crippen molar-refractivity contribution in [3.8, 4) is 11.5 Å². The number of nitrogens with zero attached hydrogens (tertiary/aromatic N) is 1. The number of benzene rings is 2. The first-order valence-corrected chi connectivity index (χ1v) is 9.55. The number of ketones is 1. The number of hydrogen-bond acceptors (Lipinski definition) is 4. The molecule has 4 nitrogen and oxygen atoms in total. The molecule has 1 atom stereocenters. The highest BCUT2D eigenvalue weighted by Crippen LogP contribution is 2.40. The Morgan fingerprint density at radius 3 is 2.70 bits per heavy atom. The second-order valence-corrected chi connectivity index (χ2v) is 7.19. The summed E-state index contributed by atoms with van der Waals surface area (Å²) >= 11 is 0. The SMILES string of the molecule is COc1ccc(N(C)C2=CC(=O)CCC2)cc1OC1CCc2ccccc21. The van der Waals surface area contributed by atoms with Crippen LogP contribution in [0.2, 0.25) is 0 Å². The maximum Gasteiger partial charge on any atom is 0.164 e. The normalized spacial score (nSPS) is 18.7. The number of allylic oxidation sites excluding steroid dienone is 2. The van der Waals surface area contributed by atoms with Gasteiger partial charge in [0.1, 0.15) is 6.10 Å². The molecule has 4 rings (SSSR count). The van der Waals surface area contributed by atoms with Gasteiger partial charge in [-0.3, -0.25) is 4.79 Å². The lowest BCUT2D eigenvalue weighted by Crippen LogP contribution is -2.20. The molecule has 27 heavy (non-hydrogen) atoms. The zero-order valence-corrected chi connectivity index (χ0v) is 15.9. The number of hydrogen-bond donors (Lipinski definition) is 0. The number of aryl methyl sites for hydroxylation is 1. The first kappa shape index (κ1) is 17.7. The molecule has 0 spiro atoms. The molecule has 0 radical (unpaired) electrons. The summed E-state index contributed by atoms with van der Waals surface area (Å²) in [4.78, 5) is 13.9. The van der Waals surface area contributed by atoms with Gasteiger partial charge in [-0.05, 0) is 48.9 Å². The van der Waals surface area contributed by atoms with E-state index in [1.807, 2.05) is 25.2 Å². The van der Waals surface area contributed by atoms with Crippen LogP contribution in [0.3, 0.4) is 0 Å². The van der Waals surface area contributed by atoms with Crippen LogP contribution in [-0.2, 0) is 11.2 Å². The molecule has 0 aromatic heterocycles. The Morgan fingerprint density at radius 1 is 1.04 bits per heavy atom. The molecule has 0 fully saturated rings. The van der Waals surface area contributed by atoms with E-state index in [0.717, 1.165) is 48.6 Å². The molecule has 0 saturated heterocycles. The van der Waals surface area contributed by atoms with E-state index in [1.54, 1.807) is 13.2 Å². The lowest BCUT2D eigenvalue weighted by molar-refractivity contribution is -0.115. The third-order valence-electron chi connectivity index (χ3n) is 5.50. The lowest BCUT2D eigenvalue weighted by Gasteiger charge is -2.26. The van der Waals surface area contributed by atoms with Crippen LogP contribution in [0.1, 0.15) is 42.9 Å². The quantitative estimate of drug-likeness (QED) is 0.762. The molecule has 0 amide bonds. The van der Waals surface area contributed by atoms with E-state index < -0.39 is 0 Å². The summed E-state index contributed by atoms with van der Waals surface area (Å²) in [5.74, 6) is 1.67. The van der Waals surface area contributed by atoms with Crippen LogP contribution in [0.15, 0.2) is 54.2 Å². The Kier molecular flexibility index (Phi) is 4.88. The van der Waals surface area contributed by atoms with Gasteiger partial charge in [0.2, 0.25) is 0 Å². The number of methoxy groups -OCH3 is 1. The van der Waals surface area contributed by atoms with Crippen molar-refractivity contribution in [2.75, 3.05) is 19.1 Å². The first-order valence-electron chi connectivity index (χ1n) is 9.55. The number of rotatable bonds is 5. The minimum absolute atomic E-state index is 0.0473. The van der Waals surface area contributed by atoms with Crippen molar-refractivity contribution in [2.45, 2.75) is 38.2 Å². The van der Waals surface area contributed by atoms with Crippen LogP contribution >= 0.6 is 0 Å². The van der Waals surface area contributed by atoms with Gasteiger partial charge in [0, 0.05) is 37.0 Å². The van der Waals surface area contributed by atoms with Gasteiger partial charge in [-0.25, -0.2) is 0 Å². The molecule has 0 N–H and O–H groups in total. The van der Waals surface area contributed by atoms with E-state index in [1.165, 1.54) is 11.1 Å². The van der Waals surface area contributed by atoms with Gasteiger partial charge in [-0.1, -0.05) is 24.3 Å². The largest absolute Gasteiger partial charge is 0.493 e. The van der Waals surface area contributed by atoms with Crippen LogP contribution < -0.4 is 14.4 Å². The Bertz CT molecular complexity index is 887. The minimum atomic E-state index is 0.0473. The standard InChI is InChI=1S/C23H25NO3/c1-24(17-7-5-8-19(25)14-17)18-11-13-22(26-2)23(15-18)27-21-12-10-16-6-3-4-9-20(16)21/h3-4,6,9,11,13-15,21H,5,7-8,10,12H2,1-2H3. The Hall–Kier alpha value is -2.75. The third-order valence-corrected chi connectivity index (χ3v) is 5.50. The molecule has 0 saturated carbocycles. The summed E-state index contributed by atoms with van der Waals surface area (Å²) in [6.45, 7) is 0. The van der Waals surface area contributed by atoms with Crippen LogP contribution in [0, 0.1) is 0 Å². The highest BCUT2D eigenvalue weighted by atomic mass is 16.5. The topological polar surface area (TPSA) is 38.8 Å². The van der Waals surface area contributed by atoms with E-state index >= 15 is 0 Å². The number of carbonyl (C=O) groups is 1. The summed E-state index contributed by atoms with van der Waals surface area (Å²) in [7, 11) is 3.66. The van der Waals surface area contributed by atoms with Crippen molar-refractivity contribution < 1.29 is 14.3 Å². The molecular formula is C23H25NO3. The molecule has 0 bridgehead atoms. The van der Waals surface area contributed by atoms with Gasteiger partial charge >= 0.3 is 0 Å². The molecule has 2 aromatic carbocycles. The van der Waals surface area contributed by atoms with E-state index in [4.69, 9.17) is 9.47 Å². The predicted octanol–water partition coefficient (Wildman–Crippen LogP) is 4.83.